The van der Waals surface area contributed by atoms with Crippen molar-refractivity contribution in [2.45, 2.75) is 55.8 Å². The minimum atomic E-state index is -0.703. The molecule has 1 saturated heterocycles. The SMILES string of the molecule is CCOC(=O)c1ccc(NC(=O)Cn2c3c(sc2=O)C(c2ccc(C(C)(C)C)cc2)C2C(=O)NC(=O)C2S3)cc1. The molecule has 11 heteroatoms. The monoisotopic (exact) mass is 579 g/mol. The van der Waals surface area contributed by atoms with Crippen LogP contribution in [0.3, 0.4) is 0 Å². The summed E-state index contributed by atoms with van der Waals surface area (Å²) in [7, 11) is 0. The van der Waals surface area contributed by atoms with Gasteiger partial charge in [-0.05, 0) is 47.7 Å². The van der Waals surface area contributed by atoms with Gasteiger partial charge in [-0.1, -0.05) is 68.1 Å². The number of thioether (sulfide) groups is 1. The number of fused-ring (bicyclic) bond motifs is 2. The van der Waals surface area contributed by atoms with E-state index in [1.807, 2.05) is 24.3 Å². The number of carbonyl (C=O) groups is 4. The smallest absolute Gasteiger partial charge is 0.338 e. The number of nitrogens with zero attached hydrogens (tertiary/aromatic N) is 1. The highest BCUT2D eigenvalue weighted by atomic mass is 32.2. The van der Waals surface area contributed by atoms with Gasteiger partial charge in [-0.15, -0.1) is 0 Å². The summed E-state index contributed by atoms with van der Waals surface area (Å²) in [5, 5.41) is 5.03. The van der Waals surface area contributed by atoms with E-state index in [1.54, 1.807) is 31.2 Å². The molecule has 3 heterocycles. The van der Waals surface area contributed by atoms with E-state index in [2.05, 4.69) is 31.4 Å². The molecule has 3 aromatic rings. The molecule has 208 valence electrons. The van der Waals surface area contributed by atoms with Gasteiger partial charge in [0.15, 0.2) is 0 Å². The van der Waals surface area contributed by atoms with Crippen molar-refractivity contribution in [1.82, 2.24) is 9.88 Å². The van der Waals surface area contributed by atoms with Crippen molar-refractivity contribution >= 4 is 52.5 Å². The van der Waals surface area contributed by atoms with E-state index < -0.39 is 34.9 Å². The van der Waals surface area contributed by atoms with Crippen LogP contribution >= 0.6 is 23.1 Å². The van der Waals surface area contributed by atoms with Crippen molar-refractivity contribution < 1.29 is 23.9 Å². The zero-order chi connectivity index (χ0) is 28.8. The summed E-state index contributed by atoms with van der Waals surface area (Å²) in [5.41, 5.74) is 2.73. The molecular weight excluding hydrogens is 550 g/mol. The first-order valence-electron chi connectivity index (χ1n) is 12.9. The van der Waals surface area contributed by atoms with Crippen LogP contribution in [0.4, 0.5) is 5.69 Å². The van der Waals surface area contributed by atoms with Crippen molar-refractivity contribution in [3.05, 3.63) is 79.8 Å². The Kier molecular flexibility index (Phi) is 7.45. The van der Waals surface area contributed by atoms with Crippen molar-refractivity contribution in [3.63, 3.8) is 0 Å². The second-order valence-corrected chi connectivity index (χ2v) is 12.9. The average molecular weight is 580 g/mol. The fourth-order valence-electron chi connectivity index (χ4n) is 4.97. The molecule has 9 nitrogen and oxygen atoms in total. The van der Waals surface area contributed by atoms with E-state index in [-0.39, 0.29) is 29.3 Å². The lowest BCUT2D eigenvalue weighted by atomic mass is 9.81. The molecule has 3 amide bonds. The van der Waals surface area contributed by atoms with E-state index in [0.717, 1.165) is 34.2 Å². The topological polar surface area (TPSA) is 124 Å². The normalized spacial score (nSPS) is 19.9. The molecule has 0 saturated carbocycles. The highest BCUT2D eigenvalue weighted by molar-refractivity contribution is 8.00. The Balaban J connectivity index is 1.44. The van der Waals surface area contributed by atoms with Crippen molar-refractivity contribution in [2.24, 2.45) is 5.92 Å². The largest absolute Gasteiger partial charge is 0.462 e. The lowest BCUT2D eigenvalue weighted by Gasteiger charge is -2.31. The predicted molar refractivity (Wildman–Crippen MR) is 153 cm³/mol. The molecule has 2 N–H and O–H groups in total. The molecule has 2 aromatic carbocycles. The van der Waals surface area contributed by atoms with Gasteiger partial charge in [0.05, 0.1) is 23.1 Å². The fourth-order valence-corrected chi connectivity index (χ4v) is 7.71. The summed E-state index contributed by atoms with van der Waals surface area (Å²) in [6.07, 6.45) is 0. The maximum Gasteiger partial charge on any atom is 0.338 e. The number of nitrogens with one attached hydrogen (secondary N) is 2. The summed E-state index contributed by atoms with van der Waals surface area (Å²) in [5.74, 6) is -2.77. The zero-order valence-corrected chi connectivity index (χ0v) is 24.1. The number of thiazole rings is 1. The highest BCUT2D eigenvalue weighted by Gasteiger charge is 2.52. The van der Waals surface area contributed by atoms with Gasteiger partial charge in [0.2, 0.25) is 17.7 Å². The van der Waals surface area contributed by atoms with E-state index in [1.165, 1.54) is 4.57 Å². The Morgan fingerprint density at radius 3 is 2.30 bits per heavy atom. The molecular formula is C29H29N3O6S2. The fraction of sp³-hybridized carbons (Fsp3) is 0.345. The maximum absolute atomic E-state index is 13.2. The molecule has 3 unspecified atom stereocenters. The number of amides is 3. The molecule has 3 atom stereocenters. The van der Waals surface area contributed by atoms with Crippen molar-refractivity contribution in [2.75, 3.05) is 11.9 Å². The van der Waals surface area contributed by atoms with Crippen LogP contribution in [-0.2, 0) is 31.1 Å². The first kappa shape index (κ1) is 27.9. The minimum absolute atomic E-state index is 0.0595. The number of esters is 1. The number of carbonyl (C=O) groups excluding carboxylic acids is 4. The summed E-state index contributed by atoms with van der Waals surface area (Å²) < 4.78 is 6.35. The van der Waals surface area contributed by atoms with Crippen LogP contribution in [0.15, 0.2) is 58.4 Å². The Hall–Kier alpha value is -3.70. The van der Waals surface area contributed by atoms with Crippen LogP contribution < -0.4 is 15.5 Å². The van der Waals surface area contributed by atoms with Gasteiger partial charge in [0.1, 0.15) is 11.8 Å². The molecule has 0 bridgehead atoms. The molecule has 2 aliphatic rings. The van der Waals surface area contributed by atoms with Gasteiger partial charge < -0.3 is 10.1 Å². The van der Waals surface area contributed by atoms with E-state index in [0.29, 0.717) is 21.2 Å². The standard InChI is InChI=1S/C29H29N3O6S2/c1-5-38-27(36)16-8-12-18(13-9-16)30-19(33)14-32-26-23(40-28(32)37)20(21-22(39-26)25(35)31-24(21)34)15-6-10-17(11-7-15)29(2,3)4/h6-13,20-22H,5,14H2,1-4H3,(H,30,33)(H,31,34,35). The first-order chi connectivity index (χ1) is 19.0. The van der Waals surface area contributed by atoms with E-state index in [4.69, 9.17) is 4.74 Å². The van der Waals surface area contributed by atoms with Crippen LogP contribution in [0.25, 0.3) is 0 Å². The van der Waals surface area contributed by atoms with Gasteiger partial charge in [-0.25, -0.2) is 4.79 Å². The number of rotatable bonds is 6. The Morgan fingerprint density at radius 2 is 1.68 bits per heavy atom. The number of ether oxygens (including phenoxy) is 1. The average Bonchev–Trinajstić information content (AvgIpc) is 3.37. The van der Waals surface area contributed by atoms with Crippen LogP contribution in [0.2, 0.25) is 0 Å². The minimum Gasteiger partial charge on any atom is -0.462 e. The molecule has 40 heavy (non-hydrogen) atoms. The Bertz CT molecular complexity index is 1550. The molecule has 0 aliphatic carbocycles. The first-order valence-corrected chi connectivity index (χ1v) is 14.6. The molecule has 0 spiro atoms. The second-order valence-electron chi connectivity index (χ2n) is 10.7. The number of hydrogen-bond donors (Lipinski definition) is 2. The van der Waals surface area contributed by atoms with E-state index >= 15 is 0 Å². The van der Waals surface area contributed by atoms with Crippen molar-refractivity contribution in [1.29, 1.82) is 0 Å². The highest BCUT2D eigenvalue weighted by Crippen LogP contribution is 2.51. The number of hydrogen-bond acceptors (Lipinski definition) is 8. The summed E-state index contributed by atoms with van der Waals surface area (Å²) in [6.45, 7) is 8.06. The lowest BCUT2D eigenvalue weighted by Crippen LogP contribution is -2.32. The van der Waals surface area contributed by atoms with Crippen LogP contribution in [0, 0.1) is 5.92 Å². The Morgan fingerprint density at radius 1 is 1.00 bits per heavy atom. The van der Waals surface area contributed by atoms with Crippen LogP contribution in [-0.4, -0.2) is 40.1 Å². The lowest BCUT2D eigenvalue weighted by molar-refractivity contribution is -0.126. The molecule has 1 fully saturated rings. The number of aromatic nitrogens is 1. The summed E-state index contributed by atoms with van der Waals surface area (Å²) >= 11 is 2.16. The molecule has 2 aliphatic heterocycles. The number of imide groups is 1. The second kappa shape index (κ2) is 10.7. The number of benzene rings is 2. The van der Waals surface area contributed by atoms with E-state index in [9.17, 15) is 24.0 Å². The van der Waals surface area contributed by atoms with Crippen LogP contribution in [0.5, 0.6) is 0 Å². The van der Waals surface area contributed by atoms with Gasteiger partial charge in [-0.2, -0.15) is 0 Å². The zero-order valence-electron chi connectivity index (χ0n) is 22.5. The van der Waals surface area contributed by atoms with Crippen molar-refractivity contribution in [3.8, 4) is 0 Å². The van der Waals surface area contributed by atoms with Gasteiger partial charge >= 0.3 is 10.8 Å². The third-order valence-electron chi connectivity index (χ3n) is 7.00. The quantitative estimate of drug-likeness (QED) is 0.335. The third kappa shape index (κ3) is 5.23. The van der Waals surface area contributed by atoms with Gasteiger partial charge in [0, 0.05) is 16.5 Å². The maximum atomic E-state index is 13.2. The summed E-state index contributed by atoms with van der Waals surface area (Å²) in [4.78, 5) is 64.0. The number of anilines is 1. The van der Waals surface area contributed by atoms with Gasteiger partial charge in [0.25, 0.3) is 0 Å². The van der Waals surface area contributed by atoms with Gasteiger partial charge in [-0.3, -0.25) is 29.1 Å². The Labute approximate surface area is 239 Å². The predicted octanol–water partition coefficient (Wildman–Crippen LogP) is 3.90. The summed E-state index contributed by atoms with van der Waals surface area (Å²) in [6, 6.07) is 14.2. The third-order valence-corrected chi connectivity index (χ3v) is 9.62. The molecule has 0 radical (unpaired) electrons. The van der Waals surface area contributed by atoms with Crippen LogP contribution in [0.1, 0.15) is 60.0 Å². The molecule has 5 rings (SSSR count). The molecule has 1 aromatic heterocycles.